The molecule has 2 N–H and O–H groups in total. The Balaban J connectivity index is 1.70. The number of carboxylic acids is 1. The Morgan fingerprint density at radius 3 is 2.11 bits per heavy atom. The molecule has 3 rings (SSSR count). The molecule has 0 aromatic heterocycles. The van der Waals surface area contributed by atoms with E-state index in [1.807, 2.05) is 48.5 Å². The van der Waals surface area contributed by atoms with Crippen LogP contribution in [-0.2, 0) is 14.3 Å². The molecule has 0 heterocycles. The molecule has 1 aliphatic rings. The first-order chi connectivity index (χ1) is 13.0. The molecule has 1 atom stereocenters. The van der Waals surface area contributed by atoms with E-state index in [2.05, 4.69) is 21.2 Å². The zero-order chi connectivity index (χ0) is 19.4. The number of carbonyl (C=O) groups is 3. The van der Waals surface area contributed by atoms with Crippen LogP contribution in [0, 0.1) is 0 Å². The van der Waals surface area contributed by atoms with Gasteiger partial charge in [-0.25, -0.2) is 4.79 Å². The lowest BCUT2D eigenvalue weighted by Gasteiger charge is -2.17. The molecular weight excluding hydrogens is 414 g/mol. The molecule has 0 aliphatic heterocycles. The number of alkyl carbamates (subject to hydrolysis) is 1. The Bertz CT molecular complexity index is 837. The molecule has 0 saturated carbocycles. The van der Waals surface area contributed by atoms with Crippen molar-refractivity contribution in [1.82, 2.24) is 5.32 Å². The molecule has 0 saturated heterocycles. The lowest BCUT2D eigenvalue weighted by molar-refractivity contribution is -0.139. The molecule has 0 bridgehead atoms. The van der Waals surface area contributed by atoms with Gasteiger partial charge in [0.25, 0.3) is 0 Å². The van der Waals surface area contributed by atoms with E-state index in [9.17, 15) is 14.4 Å². The van der Waals surface area contributed by atoms with Crippen LogP contribution in [-0.4, -0.2) is 40.9 Å². The Morgan fingerprint density at radius 1 is 1.04 bits per heavy atom. The first kappa shape index (κ1) is 19.1. The third-order valence-corrected chi connectivity index (χ3v) is 5.09. The molecule has 2 aromatic rings. The van der Waals surface area contributed by atoms with Crippen LogP contribution >= 0.6 is 15.9 Å². The van der Waals surface area contributed by atoms with Crippen molar-refractivity contribution in [2.45, 2.75) is 18.4 Å². The molecule has 0 spiro atoms. The van der Waals surface area contributed by atoms with E-state index in [1.165, 1.54) is 0 Å². The van der Waals surface area contributed by atoms with Crippen LogP contribution in [0.25, 0.3) is 11.1 Å². The van der Waals surface area contributed by atoms with Crippen molar-refractivity contribution in [3.05, 3.63) is 59.7 Å². The lowest BCUT2D eigenvalue weighted by Crippen LogP contribution is -2.43. The standard InChI is InChI=1S/C20H18BrNO5/c21-10-18(23)17(9-19(24)25)22-20(26)27-11-16-14-7-3-1-5-12(14)13-6-2-4-8-15(13)16/h1-8,16-17H,9-11H2,(H,22,26)(H,24,25)/t17-/m0/s1. The quantitative estimate of drug-likeness (QED) is 0.655. The Hall–Kier alpha value is -2.67. The topological polar surface area (TPSA) is 92.7 Å². The number of alkyl halides is 1. The van der Waals surface area contributed by atoms with E-state index in [1.54, 1.807) is 0 Å². The molecule has 0 radical (unpaired) electrons. The number of benzene rings is 2. The number of fused-ring (bicyclic) bond motifs is 3. The largest absolute Gasteiger partial charge is 0.481 e. The van der Waals surface area contributed by atoms with Crippen molar-refractivity contribution in [3.8, 4) is 11.1 Å². The highest BCUT2D eigenvalue weighted by Crippen LogP contribution is 2.44. The van der Waals surface area contributed by atoms with Crippen molar-refractivity contribution in [1.29, 1.82) is 0 Å². The minimum Gasteiger partial charge on any atom is -0.481 e. The van der Waals surface area contributed by atoms with Gasteiger partial charge in [-0.3, -0.25) is 9.59 Å². The number of aliphatic carboxylic acids is 1. The SMILES string of the molecule is O=C(O)C[C@H](NC(=O)OCC1c2ccccc2-c2ccccc21)C(=O)CBr. The van der Waals surface area contributed by atoms with Gasteiger partial charge in [0.05, 0.1) is 11.8 Å². The van der Waals surface area contributed by atoms with Crippen LogP contribution in [0.2, 0.25) is 0 Å². The van der Waals surface area contributed by atoms with Crippen LogP contribution in [0.15, 0.2) is 48.5 Å². The molecular formula is C20H18BrNO5. The molecule has 0 fully saturated rings. The van der Waals surface area contributed by atoms with E-state index in [0.29, 0.717) is 0 Å². The maximum atomic E-state index is 12.1. The number of hydrogen-bond acceptors (Lipinski definition) is 4. The highest BCUT2D eigenvalue weighted by atomic mass is 79.9. The summed E-state index contributed by atoms with van der Waals surface area (Å²) < 4.78 is 5.34. The monoisotopic (exact) mass is 431 g/mol. The minimum absolute atomic E-state index is 0.0470. The Kier molecular flexibility index (Phi) is 5.91. The number of carbonyl (C=O) groups excluding carboxylic acids is 2. The molecule has 140 valence electrons. The smallest absolute Gasteiger partial charge is 0.407 e. The maximum absolute atomic E-state index is 12.1. The third-order valence-electron chi connectivity index (χ3n) is 4.53. The lowest BCUT2D eigenvalue weighted by atomic mass is 9.98. The number of Topliss-reactive ketones (excluding diaryl/α,β-unsaturated/α-hetero) is 1. The Labute approximate surface area is 164 Å². The maximum Gasteiger partial charge on any atom is 0.407 e. The average Bonchev–Trinajstić information content (AvgIpc) is 2.99. The molecule has 0 unspecified atom stereocenters. The predicted molar refractivity (Wildman–Crippen MR) is 103 cm³/mol. The van der Waals surface area contributed by atoms with Crippen LogP contribution in [0.1, 0.15) is 23.5 Å². The number of halogens is 1. The minimum atomic E-state index is -1.17. The fourth-order valence-corrected chi connectivity index (χ4v) is 3.69. The second-order valence-corrected chi connectivity index (χ2v) is 6.78. The molecule has 1 amide bonds. The molecule has 6 nitrogen and oxygen atoms in total. The first-order valence-electron chi connectivity index (χ1n) is 8.43. The number of ether oxygens (including phenoxy) is 1. The van der Waals surface area contributed by atoms with E-state index < -0.39 is 30.3 Å². The van der Waals surface area contributed by atoms with Gasteiger partial charge in [-0.05, 0) is 22.3 Å². The number of rotatable bonds is 7. The zero-order valence-corrected chi connectivity index (χ0v) is 15.9. The van der Waals surface area contributed by atoms with Crippen LogP contribution < -0.4 is 5.32 Å². The highest BCUT2D eigenvalue weighted by Gasteiger charge is 2.30. The number of hydrogen-bond donors (Lipinski definition) is 2. The summed E-state index contributed by atoms with van der Waals surface area (Å²) in [5.74, 6) is -1.70. The summed E-state index contributed by atoms with van der Waals surface area (Å²) >= 11 is 2.99. The summed E-state index contributed by atoms with van der Waals surface area (Å²) in [4.78, 5) is 34.8. The normalized spacial score (nSPS) is 13.4. The van der Waals surface area contributed by atoms with Crippen molar-refractivity contribution in [3.63, 3.8) is 0 Å². The summed E-state index contributed by atoms with van der Waals surface area (Å²) in [6.45, 7) is 0.0994. The van der Waals surface area contributed by atoms with Crippen LogP contribution in [0.4, 0.5) is 4.79 Å². The van der Waals surface area contributed by atoms with Crippen molar-refractivity contribution < 1.29 is 24.2 Å². The van der Waals surface area contributed by atoms with Gasteiger partial charge in [0.15, 0.2) is 5.78 Å². The second-order valence-electron chi connectivity index (χ2n) is 6.22. The van der Waals surface area contributed by atoms with E-state index in [4.69, 9.17) is 9.84 Å². The van der Waals surface area contributed by atoms with Gasteiger partial charge in [0.2, 0.25) is 0 Å². The molecule has 2 aromatic carbocycles. The summed E-state index contributed by atoms with van der Waals surface area (Å²) in [6, 6.07) is 14.8. The fraction of sp³-hybridized carbons (Fsp3) is 0.250. The second kappa shape index (κ2) is 8.35. The van der Waals surface area contributed by atoms with Gasteiger partial charge >= 0.3 is 12.1 Å². The average molecular weight is 432 g/mol. The van der Waals surface area contributed by atoms with E-state index in [0.717, 1.165) is 22.3 Å². The molecule has 1 aliphatic carbocycles. The Morgan fingerprint density at radius 2 is 1.59 bits per heavy atom. The van der Waals surface area contributed by atoms with Gasteiger partial charge in [0.1, 0.15) is 12.6 Å². The van der Waals surface area contributed by atoms with Crippen molar-refractivity contribution in [2.75, 3.05) is 11.9 Å². The summed E-state index contributed by atoms with van der Waals surface area (Å²) in [5.41, 5.74) is 4.37. The molecule has 7 heteroatoms. The predicted octanol–water partition coefficient (Wildman–Crippen LogP) is 3.33. The number of amides is 1. The van der Waals surface area contributed by atoms with Gasteiger partial charge in [-0.15, -0.1) is 0 Å². The number of nitrogens with one attached hydrogen (secondary N) is 1. The fourth-order valence-electron chi connectivity index (χ4n) is 3.30. The summed E-state index contributed by atoms with van der Waals surface area (Å²) in [7, 11) is 0. The zero-order valence-electron chi connectivity index (χ0n) is 14.4. The van der Waals surface area contributed by atoms with Crippen LogP contribution in [0.3, 0.4) is 0 Å². The first-order valence-corrected chi connectivity index (χ1v) is 9.55. The third kappa shape index (κ3) is 4.19. The number of carboxylic acid groups (broad SMARTS) is 1. The number of ketones is 1. The van der Waals surface area contributed by atoms with Gasteiger partial charge in [-0.2, -0.15) is 0 Å². The van der Waals surface area contributed by atoms with Crippen LogP contribution in [0.5, 0.6) is 0 Å². The van der Waals surface area contributed by atoms with Crippen molar-refractivity contribution in [2.24, 2.45) is 0 Å². The van der Waals surface area contributed by atoms with Crippen molar-refractivity contribution >= 4 is 33.8 Å². The van der Waals surface area contributed by atoms with Gasteiger partial charge in [-0.1, -0.05) is 64.5 Å². The van der Waals surface area contributed by atoms with E-state index in [-0.39, 0.29) is 17.9 Å². The van der Waals surface area contributed by atoms with Gasteiger partial charge < -0.3 is 15.2 Å². The highest BCUT2D eigenvalue weighted by molar-refractivity contribution is 9.09. The summed E-state index contributed by atoms with van der Waals surface area (Å²) in [5, 5.41) is 11.2. The van der Waals surface area contributed by atoms with Gasteiger partial charge in [0, 0.05) is 5.92 Å². The van der Waals surface area contributed by atoms with E-state index >= 15 is 0 Å². The summed E-state index contributed by atoms with van der Waals surface area (Å²) in [6.07, 6.45) is -1.30. The molecule has 27 heavy (non-hydrogen) atoms.